The zero-order chi connectivity index (χ0) is 32.1. The Morgan fingerprint density at radius 2 is 1.59 bits per heavy atom. The van der Waals surface area contributed by atoms with Gasteiger partial charge in [-0.15, -0.1) is 0 Å². The van der Waals surface area contributed by atoms with Gasteiger partial charge in [0, 0.05) is 51.7 Å². The number of aryl methyl sites for hydroxylation is 1. The van der Waals surface area contributed by atoms with Crippen LogP contribution in [0, 0.1) is 12.7 Å². The molecule has 4 atom stereocenters. The molecule has 0 N–H and O–H groups in total. The predicted molar refractivity (Wildman–Crippen MR) is 148 cm³/mol. The summed E-state index contributed by atoms with van der Waals surface area (Å²) in [6.45, 7) is 5.43. The molecular weight excluding hydrogens is 593 g/mol. The average Bonchev–Trinajstić information content (AvgIpc) is 3.34. The Morgan fingerprint density at radius 1 is 0.932 bits per heavy atom. The summed E-state index contributed by atoms with van der Waals surface area (Å²) in [5.74, 6) is -0.274. The SMILES string of the molecule is Cc1cc(F)ccc1C1CC(N2CCN3C(=O)CCC3C2)CCN1C(=O)N(C)[C@H](C)c1cc(C(F)(F)F)cc(C(F)(F)F)c1. The molecule has 240 valence electrons. The fourth-order valence-corrected chi connectivity index (χ4v) is 6.85. The first-order valence-electron chi connectivity index (χ1n) is 14.7. The highest BCUT2D eigenvalue weighted by Crippen LogP contribution is 2.40. The highest BCUT2D eigenvalue weighted by molar-refractivity contribution is 5.79. The molecule has 0 aliphatic carbocycles. The number of hydrogen-bond donors (Lipinski definition) is 0. The van der Waals surface area contributed by atoms with Crippen molar-refractivity contribution >= 4 is 11.9 Å². The van der Waals surface area contributed by atoms with E-state index in [0.29, 0.717) is 56.6 Å². The number of alkyl halides is 6. The molecule has 13 heteroatoms. The number of urea groups is 1. The molecule has 3 fully saturated rings. The Labute approximate surface area is 251 Å². The summed E-state index contributed by atoms with van der Waals surface area (Å²) in [5.41, 5.74) is -1.84. The summed E-state index contributed by atoms with van der Waals surface area (Å²) in [4.78, 5) is 33.2. The molecule has 2 aromatic carbocycles. The van der Waals surface area contributed by atoms with Crippen LogP contribution in [0.5, 0.6) is 0 Å². The second-order valence-electron chi connectivity index (χ2n) is 12.1. The second kappa shape index (κ2) is 11.9. The molecule has 0 spiro atoms. The van der Waals surface area contributed by atoms with Gasteiger partial charge in [0.15, 0.2) is 0 Å². The first-order valence-corrected chi connectivity index (χ1v) is 14.7. The van der Waals surface area contributed by atoms with E-state index in [1.165, 1.54) is 26.1 Å². The molecular formula is C31H35F7N4O2. The van der Waals surface area contributed by atoms with Crippen molar-refractivity contribution in [1.29, 1.82) is 0 Å². The Morgan fingerprint density at radius 3 is 2.20 bits per heavy atom. The molecule has 6 nitrogen and oxygen atoms in total. The van der Waals surface area contributed by atoms with E-state index in [9.17, 15) is 40.3 Å². The summed E-state index contributed by atoms with van der Waals surface area (Å²) in [6, 6.07) is 3.68. The minimum absolute atomic E-state index is 0.0619. The van der Waals surface area contributed by atoms with E-state index >= 15 is 0 Å². The molecule has 3 heterocycles. The molecule has 0 radical (unpaired) electrons. The fourth-order valence-electron chi connectivity index (χ4n) is 6.85. The largest absolute Gasteiger partial charge is 0.416 e. The van der Waals surface area contributed by atoms with Crippen LogP contribution in [-0.2, 0) is 17.1 Å². The van der Waals surface area contributed by atoms with Crippen molar-refractivity contribution in [2.24, 2.45) is 0 Å². The molecule has 3 aliphatic rings. The molecule has 3 saturated heterocycles. The van der Waals surface area contributed by atoms with Gasteiger partial charge >= 0.3 is 18.4 Å². The molecule has 3 aliphatic heterocycles. The Kier molecular flexibility index (Phi) is 8.65. The number of benzene rings is 2. The number of rotatable bonds is 4. The van der Waals surface area contributed by atoms with E-state index in [-0.39, 0.29) is 36.2 Å². The summed E-state index contributed by atoms with van der Waals surface area (Å²) in [6.07, 6.45) is -7.60. The third kappa shape index (κ3) is 6.38. The van der Waals surface area contributed by atoms with Crippen molar-refractivity contribution in [3.05, 3.63) is 70.0 Å². The van der Waals surface area contributed by atoms with Gasteiger partial charge in [-0.25, -0.2) is 9.18 Å². The Bertz CT molecular complexity index is 1380. The maximum absolute atomic E-state index is 14.1. The number of carbonyl (C=O) groups excluding carboxylic acids is 2. The van der Waals surface area contributed by atoms with Gasteiger partial charge in [-0.2, -0.15) is 26.3 Å². The molecule has 0 aromatic heterocycles. The summed E-state index contributed by atoms with van der Waals surface area (Å²) in [7, 11) is 1.36. The molecule has 0 bridgehead atoms. The van der Waals surface area contributed by atoms with E-state index in [4.69, 9.17) is 0 Å². The van der Waals surface area contributed by atoms with Gasteiger partial charge in [-0.1, -0.05) is 6.07 Å². The standard InChI is InChI=1S/C31H35F7N4O2/c1-18-12-23(32)4-6-26(18)27-16-24(40-10-11-41-25(17-40)5-7-28(41)43)8-9-42(27)29(44)39(3)19(2)20-13-21(30(33,34)35)15-22(14-20)31(36,37)38/h4,6,12-15,19,24-25,27H,5,7-11,16-17H2,1-3H3/t19-,24?,25?,27?/m1/s1. The van der Waals surface area contributed by atoms with Crippen LogP contribution in [0.1, 0.15) is 72.5 Å². The topological polar surface area (TPSA) is 47.1 Å². The van der Waals surface area contributed by atoms with Gasteiger partial charge in [0.2, 0.25) is 5.91 Å². The van der Waals surface area contributed by atoms with E-state index < -0.39 is 47.4 Å². The summed E-state index contributed by atoms with van der Waals surface area (Å²) in [5, 5.41) is 0. The maximum Gasteiger partial charge on any atom is 0.416 e. The molecule has 5 rings (SSSR count). The highest BCUT2D eigenvalue weighted by Gasteiger charge is 2.43. The van der Waals surface area contributed by atoms with Crippen LogP contribution in [0.15, 0.2) is 36.4 Å². The fraction of sp³-hybridized carbons (Fsp3) is 0.548. The second-order valence-corrected chi connectivity index (χ2v) is 12.1. The van der Waals surface area contributed by atoms with Gasteiger partial charge in [0.1, 0.15) is 5.82 Å². The number of amides is 3. The minimum Gasteiger partial charge on any atom is -0.337 e. The van der Waals surface area contributed by atoms with Crippen molar-refractivity contribution in [2.75, 3.05) is 33.2 Å². The van der Waals surface area contributed by atoms with Crippen LogP contribution in [0.3, 0.4) is 0 Å². The van der Waals surface area contributed by atoms with Crippen LogP contribution < -0.4 is 0 Å². The highest BCUT2D eigenvalue weighted by atomic mass is 19.4. The first-order chi connectivity index (χ1) is 20.5. The zero-order valence-corrected chi connectivity index (χ0v) is 24.7. The number of piperazine rings is 1. The van der Waals surface area contributed by atoms with Crippen molar-refractivity contribution in [1.82, 2.24) is 19.6 Å². The lowest BCUT2D eigenvalue weighted by atomic mass is 9.88. The Hall–Kier alpha value is -3.35. The van der Waals surface area contributed by atoms with Crippen molar-refractivity contribution in [2.45, 2.75) is 76.1 Å². The van der Waals surface area contributed by atoms with Crippen LogP contribution in [0.2, 0.25) is 0 Å². The quantitative estimate of drug-likeness (QED) is 0.350. The summed E-state index contributed by atoms with van der Waals surface area (Å²) >= 11 is 0. The minimum atomic E-state index is -5.01. The van der Waals surface area contributed by atoms with Crippen LogP contribution >= 0.6 is 0 Å². The number of piperidine rings is 1. The van der Waals surface area contributed by atoms with E-state index in [1.807, 2.05) is 4.90 Å². The van der Waals surface area contributed by atoms with Crippen LogP contribution in [0.4, 0.5) is 35.5 Å². The lowest BCUT2D eigenvalue weighted by molar-refractivity contribution is -0.143. The smallest absolute Gasteiger partial charge is 0.337 e. The molecule has 3 unspecified atom stereocenters. The predicted octanol–water partition coefficient (Wildman–Crippen LogP) is 6.80. The summed E-state index contributed by atoms with van der Waals surface area (Å²) < 4.78 is 95.2. The van der Waals surface area contributed by atoms with E-state index in [0.717, 1.165) is 16.9 Å². The van der Waals surface area contributed by atoms with Gasteiger partial charge in [0.05, 0.1) is 23.2 Å². The normalized spacial score (nSPS) is 24.0. The van der Waals surface area contributed by atoms with Crippen molar-refractivity contribution in [3.8, 4) is 0 Å². The molecule has 0 saturated carbocycles. The van der Waals surface area contributed by atoms with Gasteiger partial charge < -0.3 is 14.7 Å². The third-order valence-electron chi connectivity index (χ3n) is 9.43. The molecule has 44 heavy (non-hydrogen) atoms. The maximum atomic E-state index is 14.1. The third-order valence-corrected chi connectivity index (χ3v) is 9.43. The number of carbonyl (C=O) groups is 2. The molecule has 3 amide bonds. The lowest BCUT2D eigenvalue weighted by Crippen LogP contribution is -2.57. The first kappa shape index (κ1) is 32.1. The number of fused-ring (bicyclic) bond motifs is 1. The lowest BCUT2D eigenvalue weighted by Gasteiger charge is -2.48. The van der Waals surface area contributed by atoms with Gasteiger partial charge in [-0.05, 0) is 80.1 Å². The van der Waals surface area contributed by atoms with E-state index in [1.54, 1.807) is 17.9 Å². The Balaban J connectivity index is 1.42. The van der Waals surface area contributed by atoms with Crippen LogP contribution in [-0.4, -0.2) is 76.8 Å². The number of halogens is 7. The van der Waals surface area contributed by atoms with Gasteiger partial charge in [0.25, 0.3) is 0 Å². The van der Waals surface area contributed by atoms with E-state index in [2.05, 4.69) is 4.90 Å². The van der Waals surface area contributed by atoms with Crippen LogP contribution in [0.25, 0.3) is 0 Å². The monoisotopic (exact) mass is 628 g/mol. The van der Waals surface area contributed by atoms with Crippen molar-refractivity contribution < 1.29 is 40.3 Å². The average molecular weight is 629 g/mol. The number of likely N-dealkylation sites (tertiary alicyclic amines) is 1. The number of hydrogen-bond acceptors (Lipinski definition) is 3. The number of nitrogens with zero attached hydrogens (tertiary/aromatic N) is 4. The molecule has 2 aromatic rings. The zero-order valence-electron chi connectivity index (χ0n) is 24.7. The van der Waals surface area contributed by atoms with Gasteiger partial charge in [-0.3, -0.25) is 9.69 Å². The van der Waals surface area contributed by atoms with Crippen molar-refractivity contribution in [3.63, 3.8) is 0 Å².